The van der Waals surface area contributed by atoms with E-state index in [1.807, 2.05) is 28.8 Å². The van der Waals surface area contributed by atoms with Crippen molar-refractivity contribution in [1.82, 2.24) is 9.38 Å². The Bertz CT molecular complexity index is 481. The average molecular weight is 222 g/mol. The van der Waals surface area contributed by atoms with Crippen molar-refractivity contribution >= 4 is 23.4 Å². The molecule has 0 fully saturated rings. The molecule has 4 nitrogen and oxygen atoms in total. The van der Waals surface area contributed by atoms with E-state index in [2.05, 4.69) is 9.72 Å². The van der Waals surface area contributed by atoms with Gasteiger partial charge in [0, 0.05) is 12.4 Å². The number of rotatable bonds is 3. The molecule has 0 spiro atoms. The van der Waals surface area contributed by atoms with Gasteiger partial charge in [0.2, 0.25) is 0 Å². The first kappa shape index (κ1) is 10.0. The molecule has 0 bridgehead atoms. The van der Waals surface area contributed by atoms with Crippen LogP contribution in [0, 0.1) is 0 Å². The first-order valence-electron chi connectivity index (χ1n) is 4.43. The minimum absolute atomic E-state index is 0.225. The maximum Gasteiger partial charge on any atom is 0.316 e. The van der Waals surface area contributed by atoms with E-state index in [-0.39, 0.29) is 5.97 Å². The van der Waals surface area contributed by atoms with E-state index in [1.165, 1.54) is 18.9 Å². The second-order valence-corrected chi connectivity index (χ2v) is 3.88. The molecule has 0 aliphatic rings. The van der Waals surface area contributed by atoms with Crippen molar-refractivity contribution in [2.24, 2.45) is 0 Å². The van der Waals surface area contributed by atoms with Gasteiger partial charge in [-0.15, -0.1) is 0 Å². The van der Waals surface area contributed by atoms with Gasteiger partial charge < -0.3 is 4.74 Å². The molecule has 2 aromatic heterocycles. The smallest absolute Gasteiger partial charge is 0.316 e. The van der Waals surface area contributed by atoms with E-state index in [0.717, 1.165) is 10.7 Å². The molecule has 0 aromatic carbocycles. The monoisotopic (exact) mass is 222 g/mol. The molecular weight excluding hydrogens is 212 g/mol. The topological polar surface area (TPSA) is 43.6 Å². The Labute approximate surface area is 91.3 Å². The normalized spacial score (nSPS) is 10.5. The third-order valence-corrected chi connectivity index (χ3v) is 2.97. The number of esters is 1. The molecule has 0 amide bonds. The number of ether oxygens (including phenoxy) is 1. The van der Waals surface area contributed by atoms with Crippen LogP contribution in [-0.4, -0.2) is 28.2 Å². The largest absolute Gasteiger partial charge is 0.468 e. The van der Waals surface area contributed by atoms with E-state index in [4.69, 9.17) is 0 Å². The Morgan fingerprint density at radius 1 is 1.60 bits per heavy atom. The number of carbonyl (C=O) groups is 1. The quantitative estimate of drug-likeness (QED) is 0.584. The van der Waals surface area contributed by atoms with Crippen molar-refractivity contribution in [3.63, 3.8) is 0 Å². The molecule has 2 rings (SSSR count). The predicted molar refractivity (Wildman–Crippen MR) is 57.9 cm³/mol. The van der Waals surface area contributed by atoms with E-state index >= 15 is 0 Å². The maximum atomic E-state index is 11.0. The summed E-state index contributed by atoms with van der Waals surface area (Å²) >= 11 is 1.44. The van der Waals surface area contributed by atoms with Gasteiger partial charge in [0.25, 0.3) is 0 Å². The van der Waals surface area contributed by atoms with Crippen LogP contribution in [0.5, 0.6) is 0 Å². The first-order valence-corrected chi connectivity index (χ1v) is 5.41. The van der Waals surface area contributed by atoms with Crippen LogP contribution in [0.2, 0.25) is 0 Å². The highest BCUT2D eigenvalue weighted by atomic mass is 32.2. The van der Waals surface area contributed by atoms with Gasteiger partial charge in [-0.2, -0.15) is 0 Å². The first-order chi connectivity index (χ1) is 7.31. The van der Waals surface area contributed by atoms with Crippen molar-refractivity contribution in [2.75, 3.05) is 12.9 Å². The van der Waals surface area contributed by atoms with Gasteiger partial charge in [0.1, 0.15) is 5.65 Å². The third kappa shape index (κ3) is 2.12. The summed E-state index contributed by atoms with van der Waals surface area (Å²) in [6.07, 6.45) is 3.60. The van der Waals surface area contributed by atoms with Crippen LogP contribution in [0.25, 0.3) is 5.65 Å². The number of carbonyl (C=O) groups excluding carboxylic acids is 1. The third-order valence-electron chi connectivity index (χ3n) is 1.96. The minimum Gasteiger partial charge on any atom is -0.468 e. The zero-order valence-electron chi connectivity index (χ0n) is 8.21. The molecule has 0 radical (unpaired) electrons. The summed E-state index contributed by atoms with van der Waals surface area (Å²) in [5.74, 6) is 0.0884. The number of thioether (sulfide) groups is 1. The van der Waals surface area contributed by atoms with Gasteiger partial charge in [0.05, 0.1) is 17.9 Å². The highest BCUT2D eigenvalue weighted by Gasteiger charge is 2.05. The lowest BCUT2D eigenvalue weighted by atomic mass is 10.5. The van der Waals surface area contributed by atoms with E-state index in [0.29, 0.717) is 5.75 Å². The zero-order valence-corrected chi connectivity index (χ0v) is 9.03. The highest BCUT2D eigenvalue weighted by molar-refractivity contribution is 7.99. The number of hydrogen-bond donors (Lipinski definition) is 0. The van der Waals surface area contributed by atoms with Gasteiger partial charge in [0.15, 0.2) is 0 Å². The number of nitrogens with zero attached hydrogens (tertiary/aromatic N) is 2. The second-order valence-electron chi connectivity index (χ2n) is 2.88. The SMILES string of the molecule is COC(=O)CSc1cccc2nccn12. The van der Waals surface area contributed by atoms with Crippen molar-refractivity contribution in [2.45, 2.75) is 5.03 Å². The van der Waals surface area contributed by atoms with E-state index in [1.54, 1.807) is 6.20 Å². The van der Waals surface area contributed by atoms with Crippen LogP contribution in [0.15, 0.2) is 35.6 Å². The molecule has 0 atom stereocenters. The van der Waals surface area contributed by atoms with Gasteiger partial charge in [-0.05, 0) is 12.1 Å². The Morgan fingerprint density at radius 2 is 2.47 bits per heavy atom. The number of pyridine rings is 1. The van der Waals surface area contributed by atoms with Crippen LogP contribution in [0.4, 0.5) is 0 Å². The Balaban J connectivity index is 2.20. The van der Waals surface area contributed by atoms with Gasteiger partial charge in [-0.3, -0.25) is 9.20 Å². The maximum absolute atomic E-state index is 11.0. The van der Waals surface area contributed by atoms with Crippen molar-refractivity contribution in [3.05, 3.63) is 30.6 Å². The molecule has 2 heterocycles. The fraction of sp³-hybridized carbons (Fsp3) is 0.200. The fourth-order valence-corrected chi connectivity index (χ4v) is 2.08. The summed E-state index contributed by atoms with van der Waals surface area (Å²) < 4.78 is 6.52. The van der Waals surface area contributed by atoms with Crippen molar-refractivity contribution < 1.29 is 9.53 Å². The number of hydrogen-bond acceptors (Lipinski definition) is 4. The molecule has 0 saturated heterocycles. The molecule has 0 aliphatic carbocycles. The van der Waals surface area contributed by atoms with Crippen LogP contribution in [-0.2, 0) is 9.53 Å². The van der Waals surface area contributed by atoms with Crippen LogP contribution in [0.3, 0.4) is 0 Å². The van der Waals surface area contributed by atoms with Gasteiger partial charge in [-0.25, -0.2) is 4.98 Å². The summed E-state index contributed by atoms with van der Waals surface area (Å²) in [6, 6.07) is 5.78. The van der Waals surface area contributed by atoms with Crippen LogP contribution < -0.4 is 0 Å². The minimum atomic E-state index is -0.225. The van der Waals surface area contributed by atoms with Crippen molar-refractivity contribution in [1.29, 1.82) is 0 Å². The Kier molecular flexibility index (Phi) is 2.91. The van der Waals surface area contributed by atoms with Crippen molar-refractivity contribution in [3.8, 4) is 0 Å². The molecular formula is C10H10N2O2S. The van der Waals surface area contributed by atoms with Gasteiger partial charge >= 0.3 is 5.97 Å². The highest BCUT2D eigenvalue weighted by Crippen LogP contribution is 2.18. The summed E-state index contributed by atoms with van der Waals surface area (Å²) in [7, 11) is 1.39. The van der Waals surface area contributed by atoms with E-state index in [9.17, 15) is 4.79 Å². The number of imidazole rings is 1. The van der Waals surface area contributed by atoms with Gasteiger partial charge in [-0.1, -0.05) is 17.8 Å². The molecule has 0 N–H and O–H groups in total. The molecule has 5 heteroatoms. The number of methoxy groups -OCH3 is 1. The average Bonchev–Trinajstić information content (AvgIpc) is 2.74. The zero-order chi connectivity index (χ0) is 10.7. The molecule has 0 aliphatic heterocycles. The lowest BCUT2D eigenvalue weighted by Crippen LogP contribution is -2.03. The molecule has 78 valence electrons. The molecule has 2 aromatic rings. The molecule has 15 heavy (non-hydrogen) atoms. The molecule has 0 saturated carbocycles. The Morgan fingerprint density at radius 3 is 3.27 bits per heavy atom. The molecule has 0 unspecified atom stereocenters. The lowest BCUT2D eigenvalue weighted by molar-refractivity contribution is -0.137. The van der Waals surface area contributed by atoms with Crippen LogP contribution >= 0.6 is 11.8 Å². The number of aromatic nitrogens is 2. The summed E-state index contributed by atoms with van der Waals surface area (Å²) in [6.45, 7) is 0. The summed E-state index contributed by atoms with van der Waals surface area (Å²) in [5.41, 5.74) is 0.880. The number of fused-ring (bicyclic) bond motifs is 1. The predicted octanol–water partition coefficient (Wildman–Crippen LogP) is 1.60. The standard InChI is InChI=1S/C10H10N2O2S/c1-14-10(13)7-15-9-4-2-3-8-11-5-6-12(8)9/h2-6H,7H2,1H3. The fourth-order valence-electron chi connectivity index (χ4n) is 1.23. The Hall–Kier alpha value is -1.49. The summed E-state index contributed by atoms with van der Waals surface area (Å²) in [4.78, 5) is 15.2. The summed E-state index contributed by atoms with van der Waals surface area (Å²) in [5, 5.41) is 0.982. The lowest BCUT2D eigenvalue weighted by Gasteiger charge is -2.03. The van der Waals surface area contributed by atoms with Crippen LogP contribution in [0.1, 0.15) is 0 Å². The second kappa shape index (κ2) is 4.35. The van der Waals surface area contributed by atoms with E-state index < -0.39 is 0 Å².